The Hall–Kier alpha value is -1.88. The molecule has 0 bridgehead atoms. The Labute approximate surface area is 209 Å². The molecule has 2 aromatic carbocycles. The zero-order chi connectivity index (χ0) is 23.4. The van der Waals surface area contributed by atoms with Gasteiger partial charge >= 0.3 is 0 Å². The van der Waals surface area contributed by atoms with Gasteiger partial charge in [0.15, 0.2) is 5.75 Å². The van der Waals surface area contributed by atoms with Crippen molar-refractivity contribution in [2.75, 3.05) is 31.8 Å². The molecule has 1 N–H and O–H groups in total. The third kappa shape index (κ3) is 5.45. The number of nitrogens with one attached hydrogen (secondary N) is 1. The van der Waals surface area contributed by atoms with Gasteiger partial charge in [-0.1, -0.05) is 29.6 Å². The second-order valence-electron chi connectivity index (χ2n) is 8.68. The number of hydrogen-bond donors (Lipinski definition) is 1. The molecule has 1 fully saturated rings. The molecule has 5 nitrogen and oxygen atoms in total. The summed E-state index contributed by atoms with van der Waals surface area (Å²) in [7, 11) is 0. The molecule has 2 heterocycles. The van der Waals surface area contributed by atoms with Gasteiger partial charge in [-0.15, -0.1) is 11.6 Å². The number of piperidine rings is 1. The topological polar surface area (TPSA) is 53.2 Å². The van der Waals surface area contributed by atoms with Crippen LogP contribution in [0.2, 0.25) is 5.02 Å². The molecular formula is C25H28Cl2N4OS. The highest BCUT2D eigenvalue weighted by atomic mass is 35.5. The highest BCUT2D eigenvalue weighted by Crippen LogP contribution is 2.33. The molecule has 0 spiro atoms. The van der Waals surface area contributed by atoms with Crippen LogP contribution in [0.5, 0.6) is 5.75 Å². The van der Waals surface area contributed by atoms with Crippen LogP contribution in [0.4, 0.5) is 0 Å². The summed E-state index contributed by atoms with van der Waals surface area (Å²) in [4.78, 5) is 2.53. The van der Waals surface area contributed by atoms with E-state index in [0.29, 0.717) is 28.8 Å². The first kappa shape index (κ1) is 24.3. The molecule has 0 saturated carbocycles. The predicted octanol–water partition coefficient (Wildman–Crippen LogP) is 6.00. The molecule has 0 atom stereocenters. The van der Waals surface area contributed by atoms with Crippen LogP contribution in [0.15, 0.2) is 42.6 Å². The number of nitriles is 1. The highest BCUT2D eigenvalue weighted by molar-refractivity contribution is 7.96. The fourth-order valence-corrected chi connectivity index (χ4v) is 5.46. The number of ether oxygens (including phenoxy) is 1. The summed E-state index contributed by atoms with van der Waals surface area (Å²) in [6.45, 7) is 5.76. The molecule has 1 saturated heterocycles. The molecule has 0 amide bonds. The van der Waals surface area contributed by atoms with Gasteiger partial charge in [-0.3, -0.25) is 9.62 Å². The molecule has 1 aromatic heterocycles. The van der Waals surface area contributed by atoms with Crippen molar-refractivity contribution < 1.29 is 4.74 Å². The second-order valence-corrected chi connectivity index (χ2v) is 10.1. The van der Waals surface area contributed by atoms with Gasteiger partial charge in [0.2, 0.25) is 0 Å². The van der Waals surface area contributed by atoms with E-state index in [-0.39, 0.29) is 5.54 Å². The van der Waals surface area contributed by atoms with Gasteiger partial charge in [0, 0.05) is 42.4 Å². The number of likely N-dealkylation sites (tertiary alicyclic amines) is 1. The number of fused-ring (bicyclic) bond motifs is 1. The lowest BCUT2D eigenvalue weighted by Crippen LogP contribution is -2.48. The van der Waals surface area contributed by atoms with Crippen molar-refractivity contribution in [3.63, 3.8) is 0 Å². The molecule has 1 aliphatic rings. The zero-order valence-corrected chi connectivity index (χ0v) is 21.2. The van der Waals surface area contributed by atoms with Crippen LogP contribution in [-0.2, 0) is 6.54 Å². The predicted molar refractivity (Wildman–Crippen MR) is 139 cm³/mol. The van der Waals surface area contributed by atoms with Crippen LogP contribution in [0.1, 0.15) is 30.9 Å². The fourth-order valence-electron chi connectivity index (χ4n) is 4.42. The smallest absolute Gasteiger partial charge is 0.155 e. The summed E-state index contributed by atoms with van der Waals surface area (Å²) in [6, 6.07) is 14.5. The number of nitrogens with zero attached hydrogens (tertiary/aromatic N) is 3. The van der Waals surface area contributed by atoms with Gasteiger partial charge in [0.05, 0.1) is 22.0 Å². The van der Waals surface area contributed by atoms with Crippen LogP contribution < -0.4 is 9.46 Å². The van der Waals surface area contributed by atoms with Gasteiger partial charge in [-0.05, 0) is 61.9 Å². The summed E-state index contributed by atoms with van der Waals surface area (Å²) in [5.74, 6) is 0.714. The summed E-state index contributed by atoms with van der Waals surface area (Å²) in [6.07, 6.45) is 6.41. The number of benzene rings is 2. The number of rotatable bonds is 8. The molecule has 0 radical (unpaired) electrons. The quantitative estimate of drug-likeness (QED) is 0.302. The van der Waals surface area contributed by atoms with E-state index in [1.165, 1.54) is 5.56 Å². The lowest BCUT2D eigenvalue weighted by molar-refractivity contribution is 0.157. The van der Waals surface area contributed by atoms with E-state index >= 15 is 0 Å². The summed E-state index contributed by atoms with van der Waals surface area (Å²) >= 11 is 13.9. The molecule has 0 aliphatic carbocycles. The third-order valence-electron chi connectivity index (χ3n) is 6.22. The minimum absolute atomic E-state index is 0.227. The third-order valence-corrected chi connectivity index (χ3v) is 7.35. The van der Waals surface area contributed by atoms with Crippen LogP contribution in [0, 0.1) is 11.3 Å². The molecular weight excluding hydrogens is 475 g/mol. The average Bonchev–Trinajstić information content (AvgIpc) is 3.23. The van der Waals surface area contributed by atoms with Crippen molar-refractivity contribution >= 4 is 46.1 Å². The Morgan fingerprint density at radius 3 is 2.70 bits per heavy atom. The number of alkyl halides is 1. The summed E-state index contributed by atoms with van der Waals surface area (Å²) < 4.78 is 11.2. The standard InChI is InChI=1S/C25H28Cl2N4OS/c1-25(29-33-2)6-10-30(11-7-25)17-18-3-4-23-19(13-18)5-9-31(23)21-14-20(16-28)24(22(27)15-21)32-12-8-26/h3-5,9,13-15,29H,6-8,10-12,17H2,1-2H3. The summed E-state index contributed by atoms with van der Waals surface area (Å²) in [5, 5.41) is 11.2. The van der Waals surface area contributed by atoms with Crippen LogP contribution in [-0.4, -0.2) is 46.8 Å². The number of hydrogen-bond acceptors (Lipinski definition) is 5. The van der Waals surface area contributed by atoms with Crippen molar-refractivity contribution in [3.05, 3.63) is 58.7 Å². The molecule has 174 valence electrons. The van der Waals surface area contributed by atoms with E-state index < -0.39 is 0 Å². The maximum atomic E-state index is 9.59. The Kier molecular flexibility index (Phi) is 7.78. The van der Waals surface area contributed by atoms with Crippen molar-refractivity contribution in [2.24, 2.45) is 0 Å². The SMILES string of the molecule is CSNC1(C)CCN(Cc2ccc3c(ccn3-c3cc(Cl)c(OCCCl)c(C#N)c3)c2)CC1. The largest absolute Gasteiger partial charge is 0.489 e. The van der Waals surface area contributed by atoms with E-state index in [0.717, 1.165) is 49.1 Å². The van der Waals surface area contributed by atoms with Gasteiger partial charge in [-0.2, -0.15) is 5.26 Å². The van der Waals surface area contributed by atoms with E-state index in [4.69, 9.17) is 27.9 Å². The Morgan fingerprint density at radius 2 is 2.00 bits per heavy atom. The molecule has 0 unspecified atom stereocenters. The minimum atomic E-state index is 0.227. The minimum Gasteiger partial charge on any atom is -0.489 e. The first-order valence-electron chi connectivity index (χ1n) is 11.0. The lowest BCUT2D eigenvalue weighted by Gasteiger charge is -2.39. The van der Waals surface area contributed by atoms with Crippen molar-refractivity contribution in [2.45, 2.75) is 31.8 Å². The monoisotopic (exact) mass is 502 g/mol. The zero-order valence-electron chi connectivity index (χ0n) is 18.9. The Morgan fingerprint density at radius 1 is 1.21 bits per heavy atom. The number of aromatic nitrogens is 1. The normalized spacial score (nSPS) is 16.1. The molecule has 3 aromatic rings. The van der Waals surface area contributed by atoms with Gasteiger partial charge in [0.1, 0.15) is 12.7 Å². The average molecular weight is 503 g/mol. The van der Waals surface area contributed by atoms with Crippen molar-refractivity contribution in [3.8, 4) is 17.5 Å². The van der Waals surface area contributed by atoms with Crippen LogP contribution >= 0.6 is 35.1 Å². The van der Waals surface area contributed by atoms with E-state index in [2.05, 4.69) is 57.7 Å². The maximum absolute atomic E-state index is 9.59. The van der Waals surface area contributed by atoms with E-state index in [1.807, 2.05) is 12.3 Å². The summed E-state index contributed by atoms with van der Waals surface area (Å²) in [5.41, 5.74) is 3.83. The number of halogens is 2. The lowest BCUT2D eigenvalue weighted by atomic mass is 9.91. The van der Waals surface area contributed by atoms with Crippen molar-refractivity contribution in [1.29, 1.82) is 5.26 Å². The van der Waals surface area contributed by atoms with Crippen LogP contribution in [0.3, 0.4) is 0 Å². The molecule has 4 rings (SSSR count). The Bertz CT molecular complexity index is 1170. The van der Waals surface area contributed by atoms with E-state index in [9.17, 15) is 5.26 Å². The van der Waals surface area contributed by atoms with Gasteiger partial charge in [0.25, 0.3) is 0 Å². The van der Waals surface area contributed by atoms with E-state index in [1.54, 1.807) is 18.0 Å². The highest BCUT2D eigenvalue weighted by Gasteiger charge is 2.29. The van der Waals surface area contributed by atoms with Crippen LogP contribution in [0.25, 0.3) is 16.6 Å². The maximum Gasteiger partial charge on any atom is 0.155 e. The molecule has 8 heteroatoms. The van der Waals surface area contributed by atoms with Gasteiger partial charge in [-0.25, -0.2) is 0 Å². The van der Waals surface area contributed by atoms with Crippen molar-refractivity contribution in [1.82, 2.24) is 14.2 Å². The Balaban J connectivity index is 1.53. The van der Waals surface area contributed by atoms with Gasteiger partial charge < -0.3 is 9.30 Å². The molecule has 1 aliphatic heterocycles. The molecule has 33 heavy (non-hydrogen) atoms. The second kappa shape index (κ2) is 10.6. The first-order chi connectivity index (χ1) is 16.0. The first-order valence-corrected chi connectivity index (χ1v) is 13.2. The fraction of sp³-hybridized carbons (Fsp3) is 0.400.